The number of aliphatic hydroxyl groups excluding tert-OH is 1. The summed E-state index contributed by atoms with van der Waals surface area (Å²) in [6.07, 6.45) is -0.781. The van der Waals surface area contributed by atoms with Gasteiger partial charge in [-0.1, -0.05) is 20.8 Å². The van der Waals surface area contributed by atoms with Gasteiger partial charge < -0.3 is 19.5 Å². The first kappa shape index (κ1) is 18.9. The standard InChI is InChI=1S/C14H27NO5/c1-7-20-13(18)11(14(2,3)4)12(17)15(5)8-10(16)9-19-6/h10-11,16H,7-9H2,1-6H3. The van der Waals surface area contributed by atoms with Gasteiger partial charge in [-0.3, -0.25) is 9.59 Å². The molecule has 6 heteroatoms. The van der Waals surface area contributed by atoms with Gasteiger partial charge in [0.15, 0.2) is 0 Å². The lowest BCUT2D eigenvalue weighted by molar-refractivity contribution is -0.160. The summed E-state index contributed by atoms with van der Waals surface area (Å²) >= 11 is 0. The highest BCUT2D eigenvalue weighted by Gasteiger charge is 2.40. The number of ether oxygens (including phenoxy) is 2. The van der Waals surface area contributed by atoms with Crippen LogP contribution in [-0.2, 0) is 19.1 Å². The SMILES string of the molecule is CCOC(=O)C(C(=O)N(C)CC(O)COC)C(C)(C)C. The van der Waals surface area contributed by atoms with Crippen molar-refractivity contribution in [3.05, 3.63) is 0 Å². The number of rotatable bonds is 7. The Bertz CT molecular complexity index is 324. The van der Waals surface area contributed by atoms with Crippen molar-refractivity contribution in [1.29, 1.82) is 0 Å². The number of esters is 1. The molecule has 0 radical (unpaired) electrons. The lowest BCUT2D eigenvalue weighted by atomic mass is 9.79. The normalized spacial score (nSPS) is 14.6. The summed E-state index contributed by atoms with van der Waals surface area (Å²) in [6.45, 7) is 7.61. The van der Waals surface area contributed by atoms with Crippen LogP contribution in [0.25, 0.3) is 0 Å². The quantitative estimate of drug-likeness (QED) is 0.551. The molecule has 2 atom stereocenters. The van der Waals surface area contributed by atoms with E-state index in [0.717, 1.165) is 0 Å². The molecule has 0 bridgehead atoms. The van der Waals surface area contributed by atoms with E-state index in [1.54, 1.807) is 14.0 Å². The Hall–Kier alpha value is -1.14. The molecule has 0 aromatic rings. The summed E-state index contributed by atoms with van der Waals surface area (Å²) in [5, 5.41) is 9.66. The maximum atomic E-state index is 12.4. The number of amides is 1. The molecule has 0 saturated heterocycles. The number of nitrogens with zero attached hydrogens (tertiary/aromatic N) is 1. The molecule has 20 heavy (non-hydrogen) atoms. The topological polar surface area (TPSA) is 76.1 Å². The summed E-state index contributed by atoms with van der Waals surface area (Å²) in [5.41, 5.74) is -0.552. The second-order valence-corrected chi connectivity index (χ2v) is 5.88. The minimum atomic E-state index is -0.887. The van der Waals surface area contributed by atoms with Gasteiger partial charge in [0.05, 0.1) is 19.3 Å². The number of likely N-dealkylation sites (N-methyl/N-ethyl adjacent to an activating group) is 1. The highest BCUT2D eigenvalue weighted by atomic mass is 16.5. The molecule has 118 valence electrons. The monoisotopic (exact) mass is 289 g/mol. The van der Waals surface area contributed by atoms with Crippen LogP contribution in [0.3, 0.4) is 0 Å². The van der Waals surface area contributed by atoms with Crippen molar-refractivity contribution in [2.45, 2.75) is 33.8 Å². The number of hydrogen-bond donors (Lipinski definition) is 1. The molecule has 0 aromatic heterocycles. The molecule has 0 aliphatic rings. The third kappa shape index (κ3) is 5.88. The Morgan fingerprint density at radius 1 is 1.30 bits per heavy atom. The van der Waals surface area contributed by atoms with Crippen LogP contribution in [0, 0.1) is 11.3 Å². The first-order valence-electron chi connectivity index (χ1n) is 6.73. The van der Waals surface area contributed by atoms with E-state index < -0.39 is 23.4 Å². The van der Waals surface area contributed by atoms with Crippen LogP contribution in [0.1, 0.15) is 27.7 Å². The molecule has 1 amide bonds. The summed E-state index contributed by atoms with van der Waals surface area (Å²) < 4.78 is 9.80. The van der Waals surface area contributed by atoms with Gasteiger partial charge in [0.1, 0.15) is 5.92 Å². The van der Waals surface area contributed by atoms with Gasteiger partial charge in [-0.25, -0.2) is 0 Å². The number of methoxy groups -OCH3 is 1. The van der Waals surface area contributed by atoms with E-state index in [4.69, 9.17) is 9.47 Å². The number of carbonyl (C=O) groups excluding carboxylic acids is 2. The molecule has 0 heterocycles. The number of carbonyl (C=O) groups is 2. The zero-order valence-corrected chi connectivity index (χ0v) is 13.3. The van der Waals surface area contributed by atoms with Crippen molar-refractivity contribution < 1.29 is 24.2 Å². The third-order valence-electron chi connectivity index (χ3n) is 2.86. The Morgan fingerprint density at radius 2 is 1.85 bits per heavy atom. The first-order valence-corrected chi connectivity index (χ1v) is 6.73. The molecule has 6 nitrogen and oxygen atoms in total. The highest BCUT2D eigenvalue weighted by Crippen LogP contribution is 2.28. The van der Waals surface area contributed by atoms with Gasteiger partial charge >= 0.3 is 5.97 Å². The van der Waals surface area contributed by atoms with Crippen LogP contribution >= 0.6 is 0 Å². The van der Waals surface area contributed by atoms with E-state index in [1.165, 1.54) is 12.0 Å². The summed E-state index contributed by atoms with van der Waals surface area (Å²) in [5.74, 6) is -1.77. The van der Waals surface area contributed by atoms with Gasteiger partial charge in [0.2, 0.25) is 5.91 Å². The predicted octanol–water partition coefficient (Wildman–Crippen LogP) is 0.677. The Labute approximate surface area is 121 Å². The van der Waals surface area contributed by atoms with Crippen LogP contribution in [0.4, 0.5) is 0 Å². The maximum Gasteiger partial charge on any atom is 0.319 e. The summed E-state index contributed by atoms with van der Waals surface area (Å²) in [7, 11) is 3.03. The van der Waals surface area contributed by atoms with E-state index in [1.807, 2.05) is 20.8 Å². The Balaban J connectivity index is 4.91. The molecular weight excluding hydrogens is 262 g/mol. The van der Waals surface area contributed by atoms with Crippen molar-refractivity contribution in [2.24, 2.45) is 11.3 Å². The van der Waals surface area contributed by atoms with Crippen LogP contribution in [0.5, 0.6) is 0 Å². The van der Waals surface area contributed by atoms with E-state index in [9.17, 15) is 14.7 Å². The molecular formula is C14H27NO5. The fourth-order valence-electron chi connectivity index (χ4n) is 1.92. The number of hydrogen-bond acceptors (Lipinski definition) is 5. The number of aliphatic hydroxyl groups is 1. The summed E-state index contributed by atoms with van der Waals surface area (Å²) in [4.78, 5) is 25.8. The molecule has 0 aromatic carbocycles. The first-order chi connectivity index (χ1) is 9.15. The second kappa shape index (κ2) is 8.21. The Kier molecular flexibility index (Phi) is 7.75. The molecule has 0 spiro atoms. The van der Waals surface area contributed by atoms with E-state index in [2.05, 4.69) is 0 Å². The van der Waals surface area contributed by atoms with Crippen molar-refractivity contribution in [2.75, 3.05) is 33.9 Å². The fourth-order valence-corrected chi connectivity index (χ4v) is 1.92. The van der Waals surface area contributed by atoms with Crippen LogP contribution in [-0.4, -0.2) is 61.9 Å². The van der Waals surface area contributed by atoms with Gasteiger partial charge in [-0.2, -0.15) is 0 Å². The minimum Gasteiger partial charge on any atom is -0.465 e. The van der Waals surface area contributed by atoms with Crippen molar-refractivity contribution in [1.82, 2.24) is 4.90 Å². The van der Waals surface area contributed by atoms with Gasteiger partial charge in [0, 0.05) is 20.7 Å². The average molecular weight is 289 g/mol. The molecule has 0 fully saturated rings. The molecule has 0 saturated carbocycles. The van der Waals surface area contributed by atoms with Gasteiger partial charge in [-0.15, -0.1) is 0 Å². The van der Waals surface area contributed by atoms with Crippen molar-refractivity contribution in [3.8, 4) is 0 Å². The van der Waals surface area contributed by atoms with E-state index in [0.29, 0.717) is 0 Å². The van der Waals surface area contributed by atoms with Crippen LogP contribution in [0.2, 0.25) is 0 Å². The molecule has 2 unspecified atom stereocenters. The summed E-state index contributed by atoms with van der Waals surface area (Å²) in [6, 6.07) is 0. The lowest BCUT2D eigenvalue weighted by Crippen LogP contribution is -2.47. The average Bonchev–Trinajstić information content (AvgIpc) is 2.27. The van der Waals surface area contributed by atoms with E-state index >= 15 is 0 Å². The molecule has 0 rings (SSSR count). The zero-order valence-electron chi connectivity index (χ0n) is 13.3. The smallest absolute Gasteiger partial charge is 0.319 e. The van der Waals surface area contributed by atoms with E-state index in [-0.39, 0.29) is 25.7 Å². The zero-order chi connectivity index (χ0) is 15.9. The second-order valence-electron chi connectivity index (χ2n) is 5.88. The van der Waals surface area contributed by atoms with Crippen molar-refractivity contribution in [3.63, 3.8) is 0 Å². The van der Waals surface area contributed by atoms with Crippen molar-refractivity contribution >= 4 is 11.9 Å². The maximum absolute atomic E-state index is 12.4. The predicted molar refractivity (Wildman–Crippen MR) is 75.1 cm³/mol. The minimum absolute atomic E-state index is 0.110. The van der Waals surface area contributed by atoms with Gasteiger partial charge in [-0.05, 0) is 12.3 Å². The molecule has 1 N–H and O–H groups in total. The molecule has 0 aliphatic carbocycles. The third-order valence-corrected chi connectivity index (χ3v) is 2.86. The highest BCUT2D eigenvalue weighted by molar-refractivity contribution is 5.98. The Morgan fingerprint density at radius 3 is 2.25 bits per heavy atom. The lowest BCUT2D eigenvalue weighted by Gasteiger charge is -2.31. The van der Waals surface area contributed by atoms with Gasteiger partial charge in [0.25, 0.3) is 0 Å². The largest absolute Gasteiger partial charge is 0.465 e. The molecule has 0 aliphatic heterocycles. The van der Waals surface area contributed by atoms with Crippen LogP contribution < -0.4 is 0 Å². The fraction of sp³-hybridized carbons (Fsp3) is 0.857. The van der Waals surface area contributed by atoms with Crippen LogP contribution in [0.15, 0.2) is 0 Å².